The van der Waals surface area contributed by atoms with Gasteiger partial charge in [-0.1, -0.05) is 26.8 Å². The van der Waals surface area contributed by atoms with Crippen molar-refractivity contribution in [3.8, 4) is 0 Å². The van der Waals surface area contributed by atoms with Crippen LogP contribution in [0.1, 0.15) is 37.9 Å². The van der Waals surface area contributed by atoms with Gasteiger partial charge in [0.25, 0.3) is 0 Å². The highest BCUT2D eigenvalue weighted by Crippen LogP contribution is 2.31. The predicted molar refractivity (Wildman–Crippen MR) is 82.0 cm³/mol. The Balaban J connectivity index is 2.43. The van der Waals surface area contributed by atoms with Gasteiger partial charge in [0.15, 0.2) is 0 Å². The predicted octanol–water partition coefficient (Wildman–Crippen LogP) is 3.99. The fourth-order valence-corrected chi connectivity index (χ4v) is 2.70. The fourth-order valence-electron chi connectivity index (χ4n) is 1.92. The molecule has 0 spiro atoms. The van der Waals surface area contributed by atoms with Crippen LogP contribution in [0.2, 0.25) is 0 Å². The molecule has 1 aromatic heterocycles. The van der Waals surface area contributed by atoms with Gasteiger partial charge in [0.05, 0.1) is 10.2 Å². The van der Waals surface area contributed by atoms with Crippen LogP contribution in [0, 0.1) is 11.6 Å². The molecule has 0 aliphatic carbocycles. The van der Waals surface area contributed by atoms with Gasteiger partial charge < -0.3 is 5.73 Å². The van der Waals surface area contributed by atoms with Crippen LogP contribution in [0.15, 0.2) is 22.7 Å². The minimum absolute atomic E-state index is 0.159. The minimum atomic E-state index is -0.614. The molecular weight excluding hydrogens is 340 g/mol. The zero-order chi connectivity index (χ0) is 15.8. The van der Waals surface area contributed by atoms with Crippen molar-refractivity contribution in [1.29, 1.82) is 0 Å². The molecule has 0 bridgehead atoms. The van der Waals surface area contributed by atoms with E-state index in [1.165, 1.54) is 12.1 Å². The van der Waals surface area contributed by atoms with Crippen molar-refractivity contribution in [1.82, 2.24) is 9.97 Å². The van der Waals surface area contributed by atoms with E-state index < -0.39 is 11.6 Å². The van der Waals surface area contributed by atoms with Crippen LogP contribution in [0.3, 0.4) is 0 Å². The summed E-state index contributed by atoms with van der Waals surface area (Å²) in [6, 6.07) is 3.45. The summed E-state index contributed by atoms with van der Waals surface area (Å²) in [4.78, 5) is 8.63. The van der Waals surface area contributed by atoms with Crippen LogP contribution in [0.4, 0.5) is 14.6 Å². The first-order valence-electron chi connectivity index (χ1n) is 6.45. The molecule has 0 amide bonds. The van der Waals surface area contributed by atoms with E-state index in [1.807, 2.05) is 20.8 Å². The summed E-state index contributed by atoms with van der Waals surface area (Å²) in [5.74, 6) is -0.501. The van der Waals surface area contributed by atoms with Crippen LogP contribution in [0.25, 0.3) is 0 Å². The third-order valence-electron chi connectivity index (χ3n) is 3.00. The summed E-state index contributed by atoms with van der Waals surface area (Å²) in [7, 11) is 0. The lowest BCUT2D eigenvalue weighted by atomic mass is 9.91. The standard InChI is InChI=1S/C15H16BrF2N3/c1-15(2,3)13-12(16)14(19)21-11(20-13)6-8-4-5-9(17)7-10(8)18/h4-5,7H,6H2,1-3H3,(H2,19,20,21). The first-order chi connectivity index (χ1) is 9.68. The molecule has 2 aromatic rings. The number of aromatic nitrogens is 2. The Kier molecular flexibility index (Phi) is 4.27. The van der Waals surface area contributed by atoms with Gasteiger partial charge in [-0.3, -0.25) is 0 Å². The SMILES string of the molecule is CC(C)(C)c1nc(Cc2ccc(F)cc2F)nc(N)c1Br. The summed E-state index contributed by atoms with van der Waals surface area (Å²) in [6.45, 7) is 6.01. The minimum Gasteiger partial charge on any atom is -0.383 e. The number of nitrogens with zero attached hydrogens (tertiary/aromatic N) is 2. The van der Waals surface area contributed by atoms with Gasteiger partial charge in [0.1, 0.15) is 23.3 Å². The van der Waals surface area contributed by atoms with Crippen molar-refractivity contribution >= 4 is 21.7 Å². The second kappa shape index (κ2) is 5.67. The van der Waals surface area contributed by atoms with Crippen LogP contribution in [-0.4, -0.2) is 9.97 Å². The highest BCUT2D eigenvalue weighted by molar-refractivity contribution is 9.10. The lowest BCUT2D eigenvalue weighted by Gasteiger charge is -2.21. The molecule has 0 atom stereocenters. The normalized spacial score (nSPS) is 11.7. The van der Waals surface area contributed by atoms with Gasteiger partial charge in [0.2, 0.25) is 0 Å². The van der Waals surface area contributed by atoms with E-state index >= 15 is 0 Å². The summed E-state index contributed by atoms with van der Waals surface area (Å²) in [5, 5.41) is 0. The Morgan fingerprint density at radius 3 is 2.43 bits per heavy atom. The van der Waals surface area contributed by atoms with Crippen molar-refractivity contribution in [2.45, 2.75) is 32.6 Å². The summed E-state index contributed by atoms with van der Waals surface area (Å²) in [5.41, 5.74) is 6.74. The molecule has 112 valence electrons. The third-order valence-corrected chi connectivity index (χ3v) is 3.78. The number of benzene rings is 1. The van der Waals surface area contributed by atoms with E-state index in [9.17, 15) is 8.78 Å². The molecule has 0 aliphatic rings. The highest BCUT2D eigenvalue weighted by atomic mass is 79.9. The maximum absolute atomic E-state index is 13.7. The first kappa shape index (κ1) is 15.8. The summed E-state index contributed by atoms with van der Waals surface area (Å²) in [6.07, 6.45) is 0.159. The summed E-state index contributed by atoms with van der Waals surface area (Å²) >= 11 is 3.39. The van der Waals surface area contributed by atoms with Crippen molar-refractivity contribution < 1.29 is 8.78 Å². The zero-order valence-corrected chi connectivity index (χ0v) is 13.6. The first-order valence-corrected chi connectivity index (χ1v) is 7.24. The smallest absolute Gasteiger partial charge is 0.141 e. The summed E-state index contributed by atoms with van der Waals surface area (Å²) < 4.78 is 27.3. The van der Waals surface area contributed by atoms with Gasteiger partial charge >= 0.3 is 0 Å². The lowest BCUT2D eigenvalue weighted by molar-refractivity contribution is 0.557. The second-order valence-corrected chi connectivity index (χ2v) is 6.64. The van der Waals surface area contributed by atoms with E-state index in [0.717, 1.165) is 11.8 Å². The van der Waals surface area contributed by atoms with Gasteiger partial charge in [-0.15, -0.1) is 0 Å². The number of nitrogens with two attached hydrogens (primary N) is 1. The molecule has 0 fully saturated rings. The molecule has 0 aliphatic heterocycles. The monoisotopic (exact) mass is 355 g/mol. The van der Waals surface area contributed by atoms with E-state index in [1.54, 1.807) is 0 Å². The average molecular weight is 356 g/mol. The molecule has 0 unspecified atom stereocenters. The quantitative estimate of drug-likeness (QED) is 0.885. The van der Waals surface area contributed by atoms with Crippen molar-refractivity contribution in [2.24, 2.45) is 0 Å². The number of rotatable bonds is 2. The highest BCUT2D eigenvalue weighted by Gasteiger charge is 2.22. The Morgan fingerprint density at radius 1 is 1.19 bits per heavy atom. The number of hydrogen-bond acceptors (Lipinski definition) is 3. The second-order valence-electron chi connectivity index (χ2n) is 5.85. The van der Waals surface area contributed by atoms with Crippen LogP contribution in [-0.2, 0) is 11.8 Å². The van der Waals surface area contributed by atoms with Crippen LogP contribution in [0.5, 0.6) is 0 Å². The molecule has 3 nitrogen and oxygen atoms in total. The van der Waals surface area contributed by atoms with Crippen molar-refractivity contribution in [3.63, 3.8) is 0 Å². The molecule has 2 rings (SSSR count). The largest absolute Gasteiger partial charge is 0.383 e. The van der Waals surface area contributed by atoms with Crippen molar-refractivity contribution in [2.75, 3.05) is 5.73 Å². The van der Waals surface area contributed by atoms with Crippen molar-refractivity contribution in [3.05, 3.63) is 51.4 Å². The molecule has 6 heteroatoms. The molecule has 1 heterocycles. The molecular formula is C15H16BrF2N3. The third kappa shape index (κ3) is 3.56. The van der Waals surface area contributed by atoms with Crippen LogP contribution < -0.4 is 5.73 Å². The molecule has 1 aromatic carbocycles. The van der Waals surface area contributed by atoms with Gasteiger partial charge in [-0.2, -0.15) is 0 Å². The lowest BCUT2D eigenvalue weighted by Crippen LogP contribution is -2.18. The van der Waals surface area contributed by atoms with Gasteiger partial charge in [0, 0.05) is 17.9 Å². The van der Waals surface area contributed by atoms with Crippen LogP contribution >= 0.6 is 15.9 Å². The molecule has 0 saturated carbocycles. The Bertz CT molecular complexity index is 681. The van der Waals surface area contributed by atoms with E-state index in [-0.39, 0.29) is 11.8 Å². The number of nitrogen functional groups attached to an aromatic ring is 1. The molecule has 0 saturated heterocycles. The molecule has 21 heavy (non-hydrogen) atoms. The Hall–Kier alpha value is -1.56. The topological polar surface area (TPSA) is 51.8 Å². The van der Waals surface area contributed by atoms with E-state index in [0.29, 0.717) is 21.7 Å². The Morgan fingerprint density at radius 2 is 1.86 bits per heavy atom. The maximum Gasteiger partial charge on any atom is 0.141 e. The van der Waals surface area contributed by atoms with E-state index in [2.05, 4.69) is 25.9 Å². The maximum atomic E-state index is 13.7. The number of anilines is 1. The van der Waals surface area contributed by atoms with Gasteiger partial charge in [-0.25, -0.2) is 18.7 Å². The molecule has 2 N–H and O–H groups in total. The van der Waals surface area contributed by atoms with Gasteiger partial charge in [-0.05, 0) is 27.6 Å². The molecule has 0 radical (unpaired) electrons. The average Bonchev–Trinajstić information content (AvgIpc) is 2.35. The van der Waals surface area contributed by atoms with E-state index in [4.69, 9.17) is 5.73 Å². The Labute approximate surface area is 130 Å². The number of halogens is 3. The number of hydrogen-bond donors (Lipinski definition) is 1. The fraction of sp³-hybridized carbons (Fsp3) is 0.333. The zero-order valence-electron chi connectivity index (χ0n) is 12.0.